The maximum absolute atomic E-state index is 5.24. The fourth-order valence-electron chi connectivity index (χ4n) is 6.39. The third-order valence-corrected chi connectivity index (χ3v) is 9.63. The van der Waals surface area contributed by atoms with E-state index in [1.54, 1.807) is 0 Å². The van der Waals surface area contributed by atoms with Crippen LogP contribution in [-0.4, -0.2) is 14.5 Å². The minimum Gasteiger partial charge on any atom is -0.278 e. The van der Waals surface area contributed by atoms with Crippen LogP contribution in [0.1, 0.15) is 0 Å². The molecule has 3 nitrogen and oxygen atoms in total. The molecule has 0 saturated heterocycles. The van der Waals surface area contributed by atoms with E-state index in [1.807, 2.05) is 23.5 Å². The molecule has 0 spiro atoms. The summed E-state index contributed by atoms with van der Waals surface area (Å²) in [6.07, 6.45) is 0. The fourth-order valence-corrected chi connectivity index (χ4v) is 7.39. The lowest BCUT2D eigenvalue weighted by Crippen LogP contribution is -2.03. The highest BCUT2D eigenvalue weighted by Crippen LogP contribution is 2.40. The van der Waals surface area contributed by atoms with E-state index in [9.17, 15) is 0 Å². The second kappa shape index (κ2) is 10.0. The van der Waals surface area contributed by atoms with E-state index in [1.165, 1.54) is 42.4 Å². The Balaban J connectivity index is 1.29. The standard InChI is InChI=1S/C40H25N3S/c1-3-11-27(12-4-1)36-23-24-37(44-36)29-20-19-26-21-22-35-38(32(26)25-29)31-16-8-10-18-34(31)43(35)40-41-33-17-9-7-15-30(33)39(42-40)28-13-5-2-6-14-28/h1-25H. The number of para-hydroxylation sites is 2. The first-order valence-electron chi connectivity index (χ1n) is 14.8. The van der Waals surface area contributed by atoms with Gasteiger partial charge >= 0.3 is 0 Å². The number of nitrogens with zero attached hydrogens (tertiary/aromatic N) is 3. The first-order chi connectivity index (χ1) is 21.8. The van der Waals surface area contributed by atoms with Crippen molar-refractivity contribution in [1.29, 1.82) is 0 Å². The van der Waals surface area contributed by atoms with Crippen LogP contribution >= 0.6 is 11.3 Å². The molecule has 44 heavy (non-hydrogen) atoms. The number of fused-ring (bicyclic) bond motifs is 6. The molecule has 0 radical (unpaired) electrons. The van der Waals surface area contributed by atoms with Crippen LogP contribution in [0.5, 0.6) is 0 Å². The zero-order chi connectivity index (χ0) is 29.0. The molecule has 3 heterocycles. The molecule has 3 aromatic heterocycles. The van der Waals surface area contributed by atoms with Gasteiger partial charge < -0.3 is 0 Å². The Labute approximate surface area is 258 Å². The summed E-state index contributed by atoms with van der Waals surface area (Å²) >= 11 is 1.83. The lowest BCUT2D eigenvalue weighted by molar-refractivity contribution is 1.01. The summed E-state index contributed by atoms with van der Waals surface area (Å²) in [5.41, 5.74) is 7.61. The minimum atomic E-state index is 0.676. The molecule has 0 N–H and O–H groups in total. The van der Waals surface area contributed by atoms with Crippen LogP contribution in [0.3, 0.4) is 0 Å². The van der Waals surface area contributed by atoms with E-state index in [0.29, 0.717) is 5.95 Å². The third kappa shape index (κ3) is 3.96. The van der Waals surface area contributed by atoms with E-state index >= 15 is 0 Å². The maximum Gasteiger partial charge on any atom is 0.235 e. The van der Waals surface area contributed by atoms with Gasteiger partial charge in [0.15, 0.2) is 0 Å². The molecule has 0 aliphatic rings. The largest absolute Gasteiger partial charge is 0.278 e. The van der Waals surface area contributed by atoms with Gasteiger partial charge in [0, 0.05) is 31.5 Å². The second-order valence-electron chi connectivity index (χ2n) is 11.0. The summed E-state index contributed by atoms with van der Waals surface area (Å²) in [6.45, 7) is 0. The SMILES string of the molecule is c1ccc(-c2ccc(-c3ccc4ccc5c(c4c3)c3ccccc3n5-c3nc(-c4ccccc4)c4ccccc4n3)s2)cc1. The molecule has 0 unspecified atom stereocenters. The fraction of sp³-hybridized carbons (Fsp3) is 0. The lowest BCUT2D eigenvalue weighted by atomic mass is 10.0. The van der Waals surface area contributed by atoms with Gasteiger partial charge in [-0.3, -0.25) is 4.57 Å². The van der Waals surface area contributed by atoms with Gasteiger partial charge in [0.05, 0.1) is 22.2 Å². The molecule has 0 aliphatic carbocycles. The van der Waals surface area contributed by atoms with Crippen molar-refractivity contribution in [3.63, 3.8) is 0 Å². The van der Waals surface area contributed by atoms with E-state index < -0.39 is 0 Å². The second-order valence-corrected chi connectivity index (χ2v) is 12.1. The maximum atomic E-state index is 5.24. The zero-order valence-corrected chi connectivity index (χ0v) is 24.5. The predicted molar refractivity (Wildman–Crippen MR) is 186 cm³/mol. The number of benzene rings is 6. The lowest BCUT2D eigenvalue weighted by Gasteiger charge is -2.12. The van der Waals surface area contributed by atoms with Crippen molar-refractivity contribution in [3.8, 4) is 38.1 Å². The molecule has 6 aromatic carbocycles. The van der Waals surface area contributed by atoms with Gasteiger partial charge in [-0.2, -0.15) is 0 Å². The smallest absolute Gasteiger partial charge is 0.235 e. The molecule has 0 atom stereocenters. The van der Waals surface area contributed by atoms with E-state index in [2.05, 4.69) is 144 Å². The topological polar surface area (TPSA) is 30.7 Å². The predicted octanol–water partition coefficient (Wildman–Crippen LogP) is 10.9. The van der Waals surface area contributed by atoms with E-state index in [0.717, 1.165) is 33.2 Å². The third-order valence-electron chi connectivity index (χ3n) is 8.44. The van der Waals surface area contributed by atoms with Gasteiger partial charge in [0.2, 0.25) is 5.95 Å². The van der Waals surface area contributed by atoms with Gasteiger partial charge in [-0.15, -0.1) is 11.3 Å². The van der Waals surface area contributed by atoms with Crippen molar-refractivity contribution in [3.05, 3.63) is 152 Å². The molecular weight excluding hydrogens is 555 g/mol. The van der Waals surface area contributed by atoms with Gasteiger partial charge in [0.25, 0.3) is 0 Å². The average Bonchev–Trinajstić information content (AvgIpc) is 3.72. The molecular formula is C40H25N3S. The molecule has 0 amide bonds. The molecule has 0 fully saturated rings. The van der Waals surface area contributed by atoms with Crippen molar-refractivity contribution in [2.45, 2.75) is 0 Å². The van der Waals surface area contributed by atoms with Crippen molar-refractivity contribution >= 4 is 54.8 Å². The van der Waals surface area contributed by atoms with E-state index in [-0.39, 0.29) is 0 Å². The minimum absolute atomic E-state index is 0.676. The van der Waals surface area contributed by atoms with Crippen molar-refractivity contribution < 1.29 is 0 Å². The van der Waals surface area contributed by atoms with Gasteiger partial charge in [-0.1, -0.05) is 115 Å². The van der Waals surface area contributed by atoms with Crippen molar-refractivity contribution in [2.75, 3.05) is 0 Å². The summed E-state index contributed by atoms with van der Waals surface area (Å²) in [5.74, 6) is 0.676. The highest BCUT2D eigenvalue weighted by Gasteiger charge is 2.19. The Morgan fingerprint density at radius 1 is 0.455 bits per heavy atom. The van der Waals surface area contributed by atoms with Crippen LogP contribution in [0.25, 0.3) is 81.6 Å². The summed E-state index contributed by atoms with van der Waals surface area (Å²) in [7, 11) is 0. The molecule has 0 bridgehead atoms. The molecule has 0 aliphatic heterocycles. The normalized spacial score (nSPS) is 11.6. The monoisotopic (exact) mass is 579 g/mol. The highest BCUT2D eigenvalue weighted by molar-refractivity contribution is 7.18. The Morgan fingerprint density at radius 2 is 1.11 bits per heavy atom. The average molecular weight is 580 g/mol. The zero-order valence-electron chi connectivity index (χ0n) is 23.7. The molecule has 206 valence electrons. The van der Waals surface area contributed by atoms with Crippen LogP contribution < -0.4 is 0 Å². The number of hydrogen-bond donors (Lipinski definition) is 0. The summed E-state index contributed by atoms with van der Waals surface area (Å²) in [5, 5.41) is 5.91. The Bertz CT molecular complexity index is 2490. The number of rotatable bonds is 4. The van der Waals surface area contributed by atoms with Crippen LogP contribution in [0.4, 0.5) is 0 Å². The summed E-state index contributed by atoms with van der Waals surface area (Å²) in [6, 6.07) is 53.7. The number of hydrogen-bond acceptors (Lipinski definition) is 3. The van der Waals surface area contributed by atoms with Crippen LogP contribution in [-0.2, 0) is 0 Å². The quantitative estimate of drug-likeness (QED) is 0.208. The molecule has 9 aromatic rings. The van der Waals surface area contributed by atoms with Gasteiger partial charge in [-0.05, 0) is 58.3 Å². The van der Waals surface area contributed by atoms with Crippen LogP contribution in [0.15, 0.2) is 152 Å². The van der Waals surface area contributed by atoms with Crippen LogP contribution in [0, 0.1) is 0 Å². The van der Waals surface area contributed by atoms with Gasteiger partial charge in [-0.25, -0.2) is 9.97 Å². The molecule has 0 saturated carbocycles. The van der Waals surface area contributed by atoms with Crippen LogP contribution in [0.2, 0.25) is 0 Å². The van der Waals surface area contributed by atoms with Crippen molar-refractivity contribution in [2.24, 2.45) is 0 Å². The van der Waals surface area contributed by atoms with Gasteiger partial charge in [0.1, 0.15) is 0 Å². The molecule has 4 heteroatoms. The van der Waals surface area contributed by atoms with E-state index in [4.69, 9.17) is 9.97 Å². The Hall–Kier alpha value is -5.58. The number of aromatic nitrogens is 3. The summed E-state index contributed by atoms with van der Waals surface area (Å²) < 4.78 is 2.23. The van der Waals surface area contributed by atoms with Crippen molar-refractivity contribution in [1.82, 2.24) is 14.5 Å². The Morgan fingerprint density at radius 3 is 1.93 bits per heavy atom. The Kier molecular flexibility index (Phi) is 5.68. The summed E-state index contributed by atoms with van der Waals surface area (Å²) in [4.78, 5) is 12.9. The molecule has 9 rings (SSSR count). The highest BCUT2D eigenvalue weighted by atomic mass is 32.1. The first-order valence-corrected chi connectivity index (χ1v) is 15.6. The number of thiophene rings is 1. The first kappa shape index (κ1) is 25.0.